The van der Waals surface area contributed by atoms with Gasteiger partial charge in [0, 0.05) is 33.5 Å². The van der Waals surface area contributed by atoms with Gasteiger partial charge < -0.3 is 14.2 Å². The first-order chi connectivity index (χ1) is 5.76. The molecular weight excluding hydrogens is 156 g/mol. The van der Waals surface area contributed by atoms with E-state index >= 15 is 0 Å². The third-order valence-electron chi connectivity index (χ3n) is 2.37. The molecule has 72 valence electrons. The van der Waals surface area contributed by atoms with Gasteiger partial charge in [-0.15, -0.1) is 0 Å². The standard InChI is InChI=1S/C9H18O3/c1-4-6-9(11-3)7-5-8(10-2)12-9/h8H,4-7H2,1-3H3. The van der Waals surface area contributed by atoms with E-state index in [1.54, 1.807) is 14.2 Å². The summed E-state index contributed by atoms with van der Waals surface area (Å²) < 4.78 is 16.1. The lowest BCUT2D eigenvalue weighted by molar-refractivity contribution is -0.258. The Hall–Kier alpha value is -0.120. The second-order valence-electron chi connectivity index (χ2n) is 3.19. The molecule has 1 fully saturated rings. The van der Waals surface area contributed by atoms with Gasteiger partial charge in [-0.05, 0) is 0 Å². The fraction of sp³-hybridized carbons (Fsp3) is 1.00. The third kappa shape index (κ3) is 1.97. The van der Waals surface area contributed by atoms with Gasteiger partial charge in [-0.2, -0.15) is 0 Å². The summed E-state index contributed by atoms with van der Waals surface area (Å²) in [5.41, 5.74) is 0. The minimum atomic E-state index is -0.366. The van der Waals surface area contributed by atoms with Gasteiger partial charge in [-0.1, -0.05) is 13.3 Å². The molecule has 3 heteroatoms. The van der Waals surface area contributed by atoms with Crippen LogP contribution in [0.1, 0.15) is 32.6 Å². The topological polar surface area (TPSA) is 27.7 Å². The molecule has 0 N–H and O–H groups in total. The van der Waals surface area contributed by atoms with Crippen molar-refractivity contribution in [3.63, 3.8) is 0 Å². The zero-order chi connectivity index (χ0) is 9.03. The summed E-state index contributed by atoms with van der Waals surface area (Å²) in [5.74, 6) is -0.366. The van der Waals surface area contributed by atoms with Crippen LogP contribution in [0.15, 0.2) is 0 Å². The number of methoxy groups -OCH3 is 2. The highest BCUT2D eigenvalue weighted by atomic mass is 16.8. The molecule has 2 atom stereocenters. The molecule has 0 radical (unpaired) electrons. The molecule has 1 heterocycles. The van der Waals surface area contributed by atoms with Crippen molar-refractivity contribution in [3.8, 4) is 0 Å². The Morgan fingerprint density at radius 3 is 2.67 bits per heavy atom. The van der Waals surface area contributed by atoms with E-state index in [4.69, 9.17) is 14.2 Å². The largest absolute Gasteiger partial charge is 0.356 e. The predicted octanol–water partition coefficient (Wildman–Crippen LogP) is 1.91. The molecule has 1 rings (SSSR count). The van der Waals surface area contributed by atoms with E-state index in [1.165, 1.54) is 0 Å². The van der Waals surface area contributed by atoms with E-state index in [0.29, 0.717) is 0 Å². The average Bonchev–Trinajstić information content (AvgIpc) is 2.50. The Kier molecular flexibility index (Phi) is 3.50. The van der Waals surface area contributed by atoms with Crippen LogP contribution in [0.3, 0.4) is 0 Å². The van der Waals surface area contributed by atoms with Gasteiger partial charge in [0.05, 0.1) is 0 Å². The second-order valence-corrected chi connectivity index (χ2v) is 3.19. The zero-order valence-corrected chi connectivity index (χ0v) is 8.13. The molecule has 3 nitrogen and oxygen atoms in total. The molecular formula is C9H18O3. The molecule has 1 aliphatic rings. The lowest BCUT2D eigenvalue weighted by Gasteiger charge is -2.26. The van der Waals surface area contributed by atoms with Crippen LogP contribution in [0, 0.1) is 0 Å². The maximum atomic E-state index is 5.64. The molecule has 0 spiro atoms. The summed E-state index contributed by atoms with van der Waals surface area (Å²) in [7, 11) is 3.37. The van der Waals surface area contributed by atoms with Crippen molar-refractivity contribution in [1.29, 1.82) is 0 Å². The lowest BCUT2D eigenvalue weighted by Crippen LogP contribution is -2.31. The number of ether oxygens (including phenoxy) is 3. The van der Waals surface area contributed by atoms with Crippen LogP contribution < -0.4 is 0 Å². The van der Waals surface area contributed by atoms with E-state index in [1.807, 2.05) is 0 Å². The summed E-state index contributed by atoms with van der Waals surface area (Å²) in [6.07, 6.45) is 3.82. The summed E-state index contributed by atoms with van der Waals surface area (Å²) in [4.78, 5) is 0. The van der Waals surface area contributed by atoms with E-state index in [2.05, 4.69) is 6.92 Å². The smallest absolute Gasteiger partial charge is 0.171 e. The summed E-state index contributed by atoms with van der Waals surface area (Å²) in [6.45, 7) is 2.13. The molecule has 1 saturated heterocycles. The number of hydrogen-bond acceptors (Lipinski definition) is 3. The quantitative estimate of drug-likeness (QED) is 0.651. The van der Waals surface area contributed by atoms with Gasteiger partial charge in [0.2, 0.25) is 0 Å². The van der Waals surface area contributed by atoms with Crippen molar-refractivity contribution in [1.82, 2.24) is 0 Å². The maximum absolute atomic E-state index is 5.64. The average molecular weight is 174 g/mol. The van der Waals surface area contributed by atoms with Crippen molar-refractivity contribution in [2.75, 3.05) is 14.2 Å². The van der Waals surface area contributed by atoms with Gasteiger partial charge in [0.25, 0.3) is 0 Å². The normalized spacial score (nSPS) is 35.8. The number of hydrogen-bond donors (Lipinski definition) is 0. The molecule has 1 aliphatic heterocycles. The Labute approximate surface area is 74.0 Å². The predicted molar refractivity (Wildman–Crippen MR) is 45.8 cm³/mol. The summed E-state index contributed by atoms with van der Waals surface area (Å²) in [5, 5.41) is 0. The minimum absolute atomic E-state index is 0.0727. The van der Waals surface area contributed by atoms with E-state index < -0.39 is 0 Å². The van der Waals surface area contributed by atoms with Crippen LogP contribution in [-0.2, 0) is 14.2 Å². The first kappa shape index (κ1) is 9.96. The van der Waals surface area contributed by atoms with Crippen molar-refractivity contribution >= 4 is 0 Å². The molecule has 0 aromatic heterocycles. The monoisotopic (exact) mass is 174 g/mol. The van der Waals surface area contributed by atoms with Crippen LogP contribution >= 0.6 is 0 Å². The second kappa shape index (κ2) is 4.21. The summed E-state index contributed by atoms with van der Waals surface area (Å²) in [6, 6.07) is 0. The van der Waals surface area contributed by atoms with Gasteiger partial charge in [0.15, 0.2) is 12.1 Å². The van der Waals surface area contributed by atoms with Crippen molar-refractivity contribution in [2.45, 2.75) is 44.7 Å². The molecule has 0 bridgehead atoms. The van der Waals surface area contributed by atoms with Gasteiger partial charge in [0.1, 0.15) is 0 Å². The van der Waals surface area contributed by atoms with Gasteiger partial charge >= 0.3 is 0 Å². The Bertz CT molecular complexity index is 138. The molecule has 2 unspecified atom stereocenters. The highest BCUT2D eigenvalue weighted by molar-refractivity contribution is 4.76. The first-order valence-corrected chi connectivity index (χ1v) is 4.52. The van der Waals surface area contributed by atoms with Crippen molar-refractivity contribution < 1.29 is 14.2 Å². The molecule has 0 aromatic carbocycles. The fourth-order valence-corrected chi connectivity index (χ4v) is 1.68. The van der Waals surface area contributed by atoms with E-state index in [0.717, 1.165) is 25.7 Å². The zero-order valence-electron chi connectivity index (χ0n) is 8.13. The molecule has 0 amide bonds. The highest BCUT2D eigenvalue weighted by Crippen LogP contribution is 2.34. The maximum Gasteiger partial charge on any atom is 0.171 e. The Morgan fingerprint density at radius 2 is 2.25 bits per heavy atom. The third-order valence-corrected chi connectivity index (χ3v) is 2.37. The van der Waals surface area contributed by atoms with Gasteiger partial charge in [-0.3, -0.25) is 0 Å². The van der Waals surface area contributed by atoms with Gasteiger partial charge in [-0.25, -0.2) is 0 Å². The summed E-state index contributed by atoms with van der Waals surface area (Å²) >= 11 is 0. The van der Waals surface area contributed by atoms with Crippen molar-refractivity contribution in [2.24, 2.45) is 0 Å². The molecule has 0 saturated carbocycles. The Morgan fingerprint density at radius 1 is 1.50 bits per heavy atom. The first-order valence-electron chi connectivity index (χ1n) is 4.52. The van der Waals surface area contributed by atoms with E-state index in [9.17, 15) is 0 Å². The van der Waals surface area contributed by atoms with Crippen LogP contribution in [0.5, 0.6) is 0 Å². The Balaban J connectivity index is 2.47. The fourth-order valence-electron chi connectivity index (χ4n) is 1.68. The molecule has 0 aliphatic carbocycles. The van der Waals surface area contributed by atoms with Crippen LogP contribution in [-0.4, -0.2) is 26.3 Å². The highest BCUT2D eigenvalue weighted by Gasteiger charge is 2.39. The SMILES string of the molecule is CCCC1(OC)CCC(OC)O1. The lowest BCUT2D eigenvalue weighted by atomic mass is 10.1. The van der Waals surface area contributed by atoms with Crippen molar-refractivity contribution in [3.05, 3.63) is 0 Å². The van der Waals surface area contributed by atoms with Crippen LogP contribution in [0.25, 0.3) is 0 Å². The van der Waals surface area contributed by atoms with Crippen LogP contribution in [0.2, 0.25) is 0 Å². The molecule has 0 aromatic rings. The molecule has 12 heavy (non-hydrogen) atoms. The minimum Gasteiger partial charge on any atom is -0.356 e. The van der Waals surface area contributed by atoms with Crippen LogP contribution in [0.4, 0.5) is 0 Å². The number of rotatable bonds is 4. The van der Waals surface area contributed by atoms with E-state index in [-0.39, 0.29) is 12.1 Å².